The van der Waals surface area contributed by atoms with Gasteiger partial charge in [0.05, 0.1) is 0 Å². The van der Waals surface area contributed by atoms with Crippen molar-refractivity contribution in [2.75, 3.05) is 13.6 Å². The van der Waals surface area contributed by atoms with E-state index in [1.807, 2.05) is 0 Å². The molecule has 0 radical (unpaired) electrons. The molecule has 2 aliphatic rings. The quantitative estimate of drug-likeness (QED) is 0.771. The van der Waals surface area contributed by atoms with Crippen LogP contribution in [0.5, 0.6) is 0 Å². The van der Waals surface area contributed by atoms with Crippen LogP contribution in [0.1, 0.15) is 59.8 Å². The molecule has 2 heteroatoms. The molecule has 0 aromatic rings. The lowest BCUT2D eigenvalue weighted by Crippen LogP contribution is -2.41. The number of carbonyl (C=O) groups excluding carboxylic acids is 1. The second kappa shape index (κ2) is 5.55. The molecule has 0 aromatic heterocycles. The lowest BCUT2D eigenvalue weighted by atomic mass is 9.68. The van der Waals surface area contributed by atoms with Gasteiger partial charge in [-0.05, 0) is 56.9 Å². The fourth-order valence-corrected chi connectivity index (χ4v) is 3.53. The van der Waals surface area contributed by atoms with Gasteiger partial charge in [0.2, 0.25) is 0 Å². The average Bonchev–Trinajstić information content (AvgIpc) is 3.13. The lowest BCUT2D eigenvalue weighted by Gasteiger charge is -2.39. The fourth-order valence-electron chi connectivity index (χ4n) is 3.53. The molecule has 2 nitrogen and oxygen atoms in total. The minimum absolute atomic E-state index is 0.282. The van der Waals surface area contributed by atoms with E-state index in [-0.39, 0.29) is 5.92 Å². The zero-order valence-electron chi connectivity index (χ0n) is 13.4. The van der Waals surface area contributed by atoms with E-state index >= 15 is 0 Å². The van der Waals surface area contributed by atoms with Crippen LogP contribution in [0.2, 0.25) is 0 Å². The van der Waals surface area contributed by atoms with Gasteiger partial charge in [-0.3, -0.25) is 4.79 Å². The van der Waals surface area contributed by atoms with Gasteiger partial charge < -0.3 is 4.90 Å². The number of Topliss-reactive ketones (excluding diaryl/α,β-unsaturated/α-hetero) is 1. The van der Waals surface area contributed by atoms with Gasteiger partial charge in [0.1, 0.15) is 5.78 Å². The predicted octanol–water partition coefficient (Wildman–Crippen LogP) is 3.75. The topological polar surface area (TPSA) is 20.3 Å². The van der Waals surface area contributed by atoms with Crippen LogP contribution in [0, 0.1) is 23.2 Å². The Morgan fingerprint density at radius 1 is 1.26 bits per heavy atom. The Kier molecular flexibility index (Phi) is 4.39. The number of hydrogen-bond acceptors (Lipinski definition) is 2. The SMILES string of the molecule is CC(C1CC1)N(C)CC1CC(C(C)(C)C)CCC1=O. The number of nitrogens with zero attached hydrogens (tertiary/aromatic N) is 1. The first-order valence-electron chi connectivity index (χ1n) is 8.02. The summed E-state index contributed by atoms with van der Waals surface area (Å²) in [5.41, 5.74) is 0.347. The minimum Gasteiger partial charge on any atom is -0.303 e. The number of hydrogen-bond donors (Lipinski definition) is 0. The molecule has 0 aliphatic heterocycles. The van der Waals surface area contributed by atoms with Crippen LogP contribution in [0.3, 0.4) is 0 Å². The average molecular weight is 265 g/mol. The number of carbonyl (C=O) groups is 1. The third-order valence-electron chi connectivity index (χ3n) is 5.50. The zero-order chi connectivity index (χ0) is 14.2. The maximum absolute atomic E-state index is 12.2. The summed E-state index contributed by atoms with van der Waals surface area (Å²) in [6.07, 6.45) is 5.77. The Balaban J connectivity index is 1.91. The van der Waals surface area contributed by atoms with Gasteiger partial charge in [-0.15, -0.1) is 0 Å². The van der Waals surface area contributed by atoms with Crippen LogP contribution in [-0.2, 0) is 4.79 Å². The Morgan fingerprint density at radius 2 is 1.89 bits per heavy atom. The van der Waals surface area contributed by atoms with E-state index in [9.17, 15) is 4.79 Å². The largest absolute Gasteiger partial charge is 0.303 e. The van der Waals surface area contributed by atoms with Crippen LogP contribution in [0.4, 0.5) is 0 Å². The highest BCUT2D eigenvalue weighted by Gasteiger charge is 2.37. The second-order valence-corrected chi connectivity index (χ2v) is 8.02. The molecule has 3 unspecified atom stereocenters. The minimum atomic E-state index is 0.282. The van der Waals surface area contributed by atoms with E-state index in [2.05, 4.69) is 39.6 Å². The van der Waals surface area contributed by atoms with Crippen molar-refractivity contribution in [3.63, 3.8) is 0 Å². The normalized spacial score (nSPS) is 30.7. The summed E-state index contributed by atoms with van der Waals surface area (Å²) in [5, 5.41) is 0. The molecule has 19 heavy (non-hydrogen) atoms. The first kappa shape index (κ1) is 15.0. The summed E-state index contributed by atoms with van der Waals surface area (Å²) < 4.78 is 0. The van der Waals surface area contributed by atoms with Crippen molar-refractivity contribution in [2.24, 2.45) is 23.2 Å². The number of rotatable bonds is 4. The molecule has 2 fully saturated rings. The van der Waals surface area contributed by atoms with Crippen molar-refractivity contribution in [1.82, 2.24) is 4.90 Å². The standard InChI is InChI=1S/C17H31NO/c1-12(13-6-7-13)18(5)11-14-10-15(17(2,3)4)8-9-16(14)19/h12-15H,6-11H2,1-5H3. The molecule has 0 heterocycles. The van der Waals surface area contributed by atoms with Gasteiger partial charge in [-0.2, -0.15) is 0 Å². The Morgan fingerprint density at radius 3 is 2.42 bits per heavy atom. The van der Waals surface area contributed by atoms with Crippen LogP contribution in [0.15, 0.2) is 0 Å². The van der Waals surface area contributed by atoms with Crippen LogP contribution < -0.4 is 0 Å². The molecule has 0 aromatic carbocycles. The smallest absolute Gasteiger partial charge is 0.137 e. The molecule has 110 valence electrons. The van der Waals surface area contributed by atoms with Crippen molar-refractivity contribution < 1.29 is 4.79 Å². The monoisotopic (exact) mass is 265 g/mol. The van der Waals surface area contributed by atoms with Gasteiger partial charge in [0.25, 0.3) is 0 Å². The summed E-state index contributed by atoms with van der Waals surface area (Å²) in [4.78, 5) is 14.6. The highest BCUT2D eigenvalue weighted by atomic mass is 16.1. The van der Waals surface area contributed by atoms with Crippen molar-refractivity contribution in [3.05, 3.63) is 0 Å². The molecule has 2 rings (SSSR count). The molecule has 2 aliphatic carbocycles. The van der Waals surface area contributed by atoms with Crippen LogP contribution in [-0.4, -0.2) is 30.3 Å². The van der Waals surface area contributed by atoms with Gasteiger partial charge in [0.15, 0.2) is 0 Å². The highest BCUT2D eigenvalue weighted by Crippen LogP contribution is 2.40. The molecule has 0 bridgehead atoms. The number of ketones is 1. The molecule has 0 N–H and O–H groups in total. The molecule has 0 amide bonds. The molecule has 0 saturated heterocycles. The molecule has 3 atom stereocenters. The third kappa shape index (κ3) is 3.81. The van der Waals surface area contributed by atoms with Gasteiger partial charge in [0, 0.05) is 24.9 Å². The summed E-state index contributed by atoms with van der Waals surface area (Å²) in [5.74, 6) is 2.39. The molecule has 0 spiro atoms. The van der Waals surface area contributed by atoms with Gasteiger partial charge >= 0.3 is 0 Å². The van der Waals surface area contributed by atoms with Crippen molar-refractivity contribution in [3.8, 4) is 0 Å². The Labute approximate surface area is 118 Å². The predicted molar refractivity (Wildman–Crippen MR) is 80.1 cm³/mol. The van der Waals surface area contributed by atoms with E-state index < -0.39 is 0 Å². The highest BCUT2D eigenvalue weighted by molar-refractivity contribution is 5.82. The van der Waals surface area contributed by atoms with Crippen molar-refractivity contribution in [2.45, 2.75) is 65.8 Å². The maximum Gasteiger partial charge on any atom is 0.137 e. The Bertz CT molecular complexity index is 327. The summed E-state index contributed by atoms with van der Waals surface area (Å²) in [6, 6.07) is 0.655. The zero-order valence-corrected chi connectivity index (χ0v) is 13.4. The second-order valence-electron chi connectivity index (χ2n) is 8.02. The van der Waals surface area contributed by atoms with E-state index in [1.54, 1.807) is 0 Å². The first-order valence-corrected chi connectivity index (χ1v) is 8.02. The fraction of sp³-hybridized carbons (Fsp3) is 0.941. The van der Waals surface area contributed by atoms with Gasteiger partial charge in [-0.25, -0.2) is 0 Å². The summed E-state index contributed by atoms with van der Waals surface area (Å²) in [6.45, 7) is 10.3. The summed E-state index contributed by atoms with van der Waals surface area (Å²) >= 11 is 0. The lowest BCUT2D eigenvalue weighted by molar-refractivity contribution is -0.127. The van der Waals surface area contributed by atoms with Crippen LogP contribution in [0.25, 0.3) is 0 Å². The van der Waals surface area contributed by atoms with E-state index in [4.69, 9.17) is 0 Å². The van der Waals surface area contributed by atoms with Crippen LogP contribution >= 0.6 is 0 Å². The van der Waals surface area contributed by atoms with Crippen molar-refractivity contribution >= 4 is 5.78 Å². The van der Waals surface area contributed by atoms with E-state index in [0.29, 0.717) is 23.2 Å². The van der Waals surface area contributed by atoms with Crippen molar-refractivity contribution in [1.29, 1.82) is 0 Å². The first-order chi connectivity index (χ1) is 8.79. The van der Waals surface area contributed by atoms with E-state index in [1.165, 1.54) is 12.8 Å². The third-order valence-corrected chi connectivity index (χ3v) is 5.50. The summed E-state index contributed by atoms with van der Waals surface area (Å²) in [7, 11) is 2.21. The molecular formula is C17H31NO. The molecule has 2 saturated carbocycles. The Hall–Kier alpha value is -0.370. The van der Waals surface area contributed by atoms with Gasteiger partial charge in [-0.1, -0.05) is 20.8 Å². The molecular weight excluding hydrogens is 234 g/mol. The maximum atomic E-state index is 12.2. The van der Waals surface area contributed by atoms with E-state index in [0.717, 1.165) is 31.7 Å².